The summed E-state index contributed by atoms with van der Waals surface area (Å²) >= 11 is 0.662. The lowest BCUT2D eigenvalue weighted by molar-refractivity contribution is -0.121. The Morgan fingerprint density at radius 2 is 1.64 bits per heavy atom. The lowest BCUT2D eigenvalue weighted by Gasteiger charge is -2.18. The smallest absolute Gasteiger partial charge is 0.335 e. The molecule has 0 spiro atoms. The van der Waals surface area contributed by atoms with Gasteiger partial charge in [0, 0.05) is 18.2 Å². The van der Waals surface area contributed by atoms with Gasteiger partial charge in [-0.15, -0.1) is 0 Å². The summed E-state index contributed by atoms with van der Waals surface area (Å²) in [4.78, 5) is 61.2. The van der Waals surface area contributed by atoms with E-state index in [1.165, 1.54) is 26.4 Å². The van der Waals surface area contributed by atoms with Crippen LogP contribution in [0, 0.1) is 0 Å². The monoisotopic (exact) mass is 474 g/mol. The molecule has 3 amide bonds. The Bertz CT molecular complexity index is 1130. The highest BCUT2D eigenvalue weighted by Gasteiger charge is 2.42. The zero-order valence-corrected chi connectivity index (χ0v) is 18.2. The third-order valence-electron chi connectivity index (χ3n) is 4.63. The molecule has 1 atom stereocenters. The second-order valence-electron chi connectivity index (χ2n) is 6.75. The summed E-state index contributed by atoms with van der Waals surface area (Å²) < 4.78 is 10.3. The predicted octanol–water partition coefficient (Wildman–Crippen LogP) is 2.70. The molecule has 2 aromatic rings. The molecule has 0 aliphatic carbocycles. The van der Waals surface area contributed by atoms with Gasteiger partial charge in [0.25, 0.3) is 5.24 Å². The standard InChI is InChI=1S/C21H18N2O9S/c1-31-13-3-4-14(15(8-13)32-2)23-18(25)16(33-21(23)30)9-17(24)22-12-6-10(19(26)27)5-11(7-12)20(28)29/h3-8,16H,9H2,1-2H3,(H,22,24)(H,26,27)(H,28,29). The van der Waals surface area contributed by atoms with Crippen LogP contribution in [0.2, 0.25) is 0 Å². The minimum Gasteiger partial charge on any atom is -0.497 e. The first-order valence-electron chi connectivity index (χ1n) is 9.32. The highest BCUT2D eigenvalue weighted by molar-refractivity contribution is 8.15. The zero-order valence-electron chi connectivity index (χ0n) is 17.4. The average molecular weight is 474 g/mol. The summed E-state index contributed by atoms with van der Waals surface area (Å²) in [6.07, 6.45) is -0.399. The molecule has 172 valence electrons. The maximum atomic E-state index is 12.9. The lowest BCUT2D eigenvalue weighted by Crippen LogP contribution is -2.33. The molecule has 0 bridgehead atoms. The Labute approximate surface area is 191 Å². The van der Waals surface area contributed by atoms with Crippen LogP contribution in [-0.4, -0.2) is 58.7 Å². The fraction of sp³-hybridized carbons (Fsp3) is 0.190. The van der Waals surface area contributed by atoms with E-state index in [1.807, 2.05) is 0 Å². The number of amides is 3. The summed E-state index contributed by atoms with van der Waals surface area (Å²) in [5, 5.41) is 19.0. The van der Waals surface area contributed by atoms with E-state index in [-0.39, 0.29) is 28.3 Å². The first-order valence-corrected chi connectivity index (χ1v) is 10.2. The molecule has 3 N–H and O–H groups in total. The molecule has 1 aliphatic heterocycles. The summed E-state index contributed by atoms with van der Waals surface area (Å²) in [5.41, 5.74) is -0.523. The fourth-order valence-corrected chi connectivity index (χ4v) is 4.08. The molecule has 2 aromatic carbocycles. The van der Waals surface area contributed by atoms with Gasteiger partial charge in [-0.25, -0.2) is 14.5 Å². The topological polar surface area (TPSA) is 160 Å². The van der Waals surface area contributed by atoms with Crippen LogP contribution in [0.3, 0.4) is 0 Å². The van der Waals surface area contributed by atoms with Crippen LogP contribution in [0.15, 0.2) is 36.4 Å². The Morgan fingerprint density at radius 1 is 1.00 bits per heavy atom. The van der Waals surface area contributed by atoms with E-state index < -0.39 is 40.7 Å². The minimum atomic E-state index is -1.37. The van der Waals surface area contributed by atoms with E-state index in [9.17, 15) is 24.0 Å². The van der Waals surface area contributed by atoms with Gasteiger partial charge >= 0.3 is 11.9 Å². The fourth-order valence-electron chi connectivity index (χ4n) is 3.10. The van der Waals surface area contributed by atoms with Gasteiger partial charge in [0.1, 0.15) is 16.7 Å². The molecular formula is C21H18N2O9S. The van der Waals surface area contributed by atoms with Gasteiger partial charge in [-0.1, -0.05) is 0 Å². The van der Waals surface area contributed by atoms with E-state index >= 15 is 0 Å². The van der Waals surface area contributed by atoms with Gasteiger partial charge in [0.2, 0.25) is 11.8 Å². The van der Waals surface area contributed by atoms with Gasteiger partial charge in [-0.3, -0.25) is 14.4 Å². The van der Waals surface area contributed by atoms with Crippen molar-refractivity contribution < 1.29 is 43.7 Å². The number of aromatic carboxylic acids is 2. The molecule has 0 saturated carbocycles. The van der Waals surface area contributed by atoms with Crippen LogP contribution >= 0.6 is 11.8 Å². The van der Waals surface area contributed by atoms with Crippen molar-refractivity contribution in [1.82, 2.24) is 0 Å². The molecule has 3 rings (SSSR count). The number of methoxy groups -OCH3 is 2. The van der Waals surface area contributed by atoms with E-state index in [0.717, 1.165) is 23.1 Å². The molecule has 12 heteroatoms. The van der Waals surface area contributed by atoms with Gasteiger partial charge in [0.05, 0.1) is 31.0 Å². The lowest BCUT2D eigenvalue weighted by atomic mass is 10.1. The van der Waals surface area contributed by atoms with Gasteiger partial charge < -0.3 is 25.0 Å². The number of anilines is 2. The minimum absolute atomic E-state index is 0.0623. The summed E-state index contributed by atoms with van der Waals surface area (Å²) in [6, 6.07) is 7.69. The van der Waals surface area contributed by atoms with Crippen molar-refractivity contribution in [3.8, 4) is 11.5 Å². The number of rotatable bonds is 8. The van der Waals surface area contributed by atoms with E-state index in [4.69, 9.17) is 19.7 Å². The second kappa shape index (κ2) is 9.61. The Hall–Kier alpha value is -4.06. The second-order valence-corrected chi connectivity index (χ2v) is 7.90. The third-order valence-corrected chi connectivity index (χ3v) is 5.67. The Morgan fingerprint density at radius 3 is 2.18 bits per heavy atom. The number of hydrogen-bond acceptors (Lipinski definition) is 8. The molecule has 1 fully saturated rings. The first-order chi connectivity index (χ1) is 15.6. The quantitative estimate of drug-likeness (QED) is 0.519. The van der Waals surface area contributed by atoms with Crippen molar-refractivity contribution in [2.45, 2.75) is 11.7 Å². The molecule has 0 radical (unpaired) electrons. The zero-order chi connectivity index (χ0) is 24.3. The first kappa shape index (κ1) is 23.6. The molecule has 1 aliphatic rings. The van der Waals surface area contributed by atoms with Crippen LogP contribution < -0.4 is 19.7 Å². The van der Waals surface area contributed by atoms with Crippen molar-refractivity contribution in [3.63, 3.8) is 0 Å². The van der Waals surface area contributed by atoms with E-state index in [0.29, 0.717) is 17.5 Å². The summed E-state index contributed by atoms with van der Waals surface area (Å²) in [5.74, 6) is -3.38. The van der Waals surface area contributed by atoms with Gasteiger partial charge in [-0.05, 0) is 42.1 Å². The number of carboxylic acids is 2. The van der Waals surface area contributed by atoms with Crippen LogP contribution in [0.4, 0.5) is 16.2 Å². The molecule has 1 unspecified atom stereocenters. The van der Waals surface area contributed by atoms with Crippen molar-refractivity contribution in [2.75, 3.05) is 24.4 Å². The number of benzene rings is 2. The predicted molar refractivity (Wildman–Crippen MR) is 117 cm³/mol. The maximum Gasteiger partial charge on any atom is 0.335 e. The van der Waals surface area contributed by atoms with E-state index in [1.54, 1.807) is 6.07 Å². The molecule has 11 nitrogen and oxygen atoms in total. The van der Waals surface area contributed by atoms with Crippen molar-refractivity contribution in [1.29, 1.82) is 0 Å². The number of nitrogens with zero attached hydrogens (tertiary/aromatic N) is 1. The largest absolute Gasteiger partial charge is 0.497 e. The van der Waals surface area contributed by atoms with Crippen molar-refractivity contribution in [3.05, 3.63) is 47.5 Å². The summed E-state index contributed by atoms with van der Waals surface area (Å²) in [7, 11) is 2.83. The molecule has 0 aromatic heterocycles. The normalized spacial score (nSPS) is 15.3. The number of carboxylic acid groups (broad SMARTS) is 2. The van der Waals surface area contributed by atoms with Crippen molar-refractivity contribution in [2.24, 2.45) is 0 Å². The number of carbonyl (C=O) groups is 5. The Kier molecular flexibility index (Phi) is 6.87. The van der Waals surface area contributed by atoms with Crippen LogP contribution in [0.5, 0.6) is 11.5 Å². The van der Waals surface area contributed by atoms with E-state index in [2.05, 4.69) is 5.32 Å². The third kappa shape index (κ3) is 5.06. The molecule has 1 heterocycles. The maximum absolute atomic E-state index is 12.9. The van der Waals surface area contributed by atoms with Crippen molar-refractivity contribution >= 4 is 52.1 Å². The molecule has 1 saturated heterocycles. The summed E-state index contributed by atoms with van der Waals surface area (Å²) in [6.45, 7) is 0. The SMILES string of the molecule is COc1ccc(N2C(=O)SC(CC(=O)Nc3cc(C(=O)O)cc(C(=O)O)c3)C2=O)c(OC)c1. The number of ether oxygens (including phenoxy) is 2. The number of hydrogen-bond donors (Lipinski definition) is 3. The molecular weight excluding hydrogens is 456 g/mol. The van der Waals surface area contributed by atoms with Crippen LogP contribution in [0.25, 0.3) is 0 Å². The van der Waals surface area contributed by atoms with Crippen LogP contribution in [0.1, 0.15) is 27.1 Å². The Balaban J connectivity index is 1.77. The number of imide groups is 1. The number of thioether (sulfide) groups is 1. The van der Waals surface area contributed by atoms with Crippen LogP contribution in [-0.2, 0) is 9.59 Å². The average Bonchev–Trinajstić information content (AvgIpc) is 3.05. The number of carbonyl (C=O) groups excluding carboxylic acids is 3. The highest BCUT2D eigenvalue weighted by atomic mass is 32.2. The van der Waals surface area contributed by atoms with Gasteiger partial charge in [-0.2, -0.15) is 0 Å². The van der Waals surface area contributed by atoms with Gasteiger partial charge in [0.15, 0.2) is 0 Å². The molecule has 33 heavy (non-hydrogen) atoms. The number of nitrogens with one attached hydrogen (secondary N) is 1. The highest BCUT2D eigenvalue weighted by Crippen LogP contribution is 2.39.